The van der Waals surface area contributed by atoms with Crippen molar-refractivity contribution < 1.29 is 4.74 Å². The van der Waals surface area contributed by atoms with Gasteiger partial charge >= 0.3 is 0 Å². The number of rotatable bonds is 2. The molecule has 1 atom stereocenters. The second-order valence-electron chi connectivity index (χ2n) is 4.44. The zero-order valence-electron chi connectivity index (χ0n) is 8.43. The minimum atomic E-state index is 0.505. The third-order valence-corrected chi connectivity index (χ3v) is 3.29. The Bertz CT molecular complexity index is 135. The zero-order chi connectivity index (χ0) is 8.93. The van der Waals surface area contributed by atoms with E-state index < -0.39 is 0 Å². The van der Waals surface area contributed by atoms with E-state index in [0.717, 1.165) is 25.6 Å². The molecule has 0 aromatic rings. The molecule has 2 heteroatoms. The van der Waals surface area contributed by atoms with Gasteiger partial charge in [0.2, 0.25) is 0 Å². The van der Waals surface area contributed by atoms with Crippen LogP contribution in [0.3, 0.4) is 0 Å². The Labute approximate surface area is 81.0 Å². The average Bonchev–Trinajstić information content (AvgIpc) is 2.49. The fourth-order valence-electron chi connectivity index (χ4n) is 2.54. The lowest BCUT2D eigenvalue weighted by atomic mass is 10.00. The van der Waals surface area contributed by atoms with Crippen LogP contribution in [0.1, 0.15) is 38.5 Å². The summed E-state index contributed by atoms with van der Waals surface area (Å²) in [6.45, 7) is 3.18. The summed E-state index contributed by atoms with van der Waals surface area (Å²) in [7, 11) is 0. The minimum Gasteiger partial charge on any atom is -0.377 e. The van der Waals surface area contributed by atoms with Crippen molar-refractivity contribution in [2.24, 2.45) is 5.92 Å². The highest BCUT2D eigenvalue weighted by atomic mass is 16.5. The molecule has 1 aliphatic heterocycles. The Kier molecular flexibility index (Phi) is 3.62. The van der Waals surface area contributed by atoms with Crippen LogP contribution in [-0.2, 0) is 4.74 Å². The smallest absolute Gasteiger partial charge is 0.0702 e. The van der Waals surface area contributed by atoms with E-state index in [1.165, 1.54) is 38.5 Å². The third kappa shape index (κ3) is 2.96. The topological polar surface area (TPSA) is 21.3 Å². The van der Waals surface area contributed by atoms with Crippen molar-refractivity contribution in [3.63, 3.8) is 0 Å². The lowest BCUT2D eigenvalue weighted by Crippen LogP contribution is -2.27. The van der Waals surface area contributed by atoms with E-state index in [0.29, 0.717) is 6.10 Å². The van der Waals surface area contributed by atoms with Gasteiger partial charge in [0.25, 0.3) is 0 Å². The van der Waals surface area contributed by atoms with E-state index in [1.54, 1.807) is 0 Å². The first-order valence-electron chi connectivity index (χ1n) is 5.77. The van der Waals surface area contributed by atoms with Gasteiger partial charge in [0.05, 0.1) is 6.10 Å². The van der Waals surface area contributed by atoms with Gasteiger partial charge in [-0.25, -0.2) is 0 Å². The predicted molar refractivity (Wildman–Crippen MR) is 53.8 cm³/mol. The van der Waals surface area contributed by atoms with Crippen LogP contribution in [0.15, 0.2) is 0 Å². The maximum absolute atomic E-state index is 5.80. The van der Waals surface area contributed by atoms with Gasteiger partial charge in [-0.3, -0.25) is 0 Å². The molecule has 1 N–H and O–H groups in total. The Morgan fingerprint density at radius 2 is 2.00 bits per heavy atom. The molecule has 0 amide bonds. The van der Waals surface area contributed by atoms with Crippen LogP contribution >= 0.6 is 0 Å². The van der Waals surface area contributed by atoms with Crippen LogP contribution in [0.5, 0.6) is 0 Å². The van der Waals surface area contributed by atoms with E-state index in [4.69, 9.17) is 4.74 Å². The average molecular weight is 183 g/mol. The van der Waals surface area contributed by atoms with Crippen LogP contribution in [0.2, 0.25) is 0 Å². The molecule has 76 valence electrons. The molecule has 2 fully saturated rings. The Morgan fingerprint density at radius 1 is 1.15 bits per heavy atom. The van der Waals surface area contributed by atoms with E-state index in [9.17, 15) is 0 Å². The summed E-state index contributed by atoms with van der Waals surface area (Å²) in [5.74, 6) is 0.963. The summed E-state index contributed by atoms with van der Waals surface area (Å²) in [5, 5.41) is 3.45. The molecule has 1 saturated heterocycles. The van der Waals surface area contributed by atoms with Crippen molar-refractivity contribution in [2.45, 2.75) is 44.6 Å². The molecular weight excluding hydrogens is 162 g/mol. The lowest BCUT2D eigenvalue weighted by molar-refractivity contribution is 0.0498. The maximum Gasteiger partial charge on any atom is 0.0702 e. The fraction of sp³-hybridized carbons (Fsp3) is 1.00. The Morgan fingerprint density at radius 3 is 2.85 bits per heavy atom. The molecule has 13 heavy (non-hydrogen) atoms. The first-order valence-corrected chi connectivity index (χ1v) is 5.77. The molecule has 0 aromatic heterocycles. The van der Waals surface area contributed by atoms with Crippen LogP contribution in [0, 0.1) is 5.92 Å². The van der Waals surface area contributed by atoms with Crippen LogP contribution in [0.4, 0.5) is 0 Å². The van der Waals surface area contributed by atoms with E-state index in [-0.39, 0.29) is 0 Å². The maximum atomic E-state index is 5.80. The van der Waals surface area contributed by atoms with Crippen LogP contribution < -0.4 is 5.32 Å². The van der Waals surface area contributed by atoms with Crippen molar-refractivity contribution in [2.75, 3.05) is 19.7 Å². The summed E-state index contributed by atoms with van der Waals surface area (Å²) < 4.78 is 5.80. The summed E-state index contributed by atoms with van der Waals surface area (Å²) in [6, 6.07) is 0. The van der Waals surface area contributed by atoms with Crippen molar-refractivity contribution >= 4 is 0 Å². The molecule has 1 heterocycles. The first-order chi connectivity index (χ1) is 6.45. The molecule has 0 aromatic carbocycles. The van der Waals surface area contributed by atoms with Gasteiger partial charge < -0.3 is 10.1 Å². The molecule has 2 aliphatic rings. The standard InChI is InChI=1S/C11H21NO/c1-2-5-10(4-1)8-11-9-12-6-3-7-13-11/h10-12H,1-9H2. The monoisotopic (exact) mass is 183 g/mol. The lowest BCUT2D eigenvalue weighted by Gasteiger charge is -2.18. The van der Waals surface area contributed by atoms with Gasteiger partial charge in [-0.15, -0.1) is 0 Å². The van der Waals surface area contributed by atoms with Crippen molar-refractivity contribution in [3.05, 3.63) is 0 Å². The Hall–Kier alpha value is -0.0800. The summed E-state index contributed by atoms with van der Waals surface area (Å²) in [6.07, 6.45) is 8.77. The molecule has 2 nitrogen and oxygen atoms in total. The van der Waals surface area contributed by atoms with E-state index in [1.807, 2.05) is 0 Å². The predicted octanol–water partition coefficient (Wildman–Crippen LogP) is 1.95. The van der Waals surface area contributed by atoms with Gasteiger partial charge in [0.15, 0.2) is 0 Å². The normalized spacial score (nSPS) is 31.8. The molecule has 1 aliphatic carbocycles. The second kappa shape index (κ2) is 4.97. The highest BCUT2D eigenvalue weighted by Crippen LogP contribution is 2.29. The SMILES string of the molecule is C1CNCC(CC2CCCC2)OC1. The first kappa shape index (κ1) is 9.47. The number of hydrogen-bond acceptors (Lipinski definition) is 2. The Balaban J connectivity index is 1.71. The minimum absolute atomic E-state index is 0.505. The number of nitrogens with one attached hydrogen (secondary N) is 1. The quantitative estimate of drug-likeness (QED) is 0.706. The highest BCUT2D eigenvalue weighted by molar-refractivity contribution is 4.74. The van der Waals surface area contributed by atoms with Gasteiger partial charge in [-0.1, -0.05) is 25.7 Å². The molecule has 0 radical (unpaired) electrons. The largest absolute Gasteiger partial charge is 0.377 e. The van der Waals surface area contributed by atoms with Gasteiger partial charge in [0, 0.05) is 13.2 Å². The van der Waals surface area contributed by atoms with E-state index in [2.05, 4.69) is 5.32 Å². The number of hydrogen-bond donors (Lipinski definition) is 1. The van der Waals surface area contributed by atoms with Gasteiger partial charge in [0.1, 0.15) is 0 Å². The summed E-state index contributed by atoms with van der Waals surface area (Å²) in [4.78, 5) is 0. The molecule has 1 unspecified atom stereocenters. The molecule has 0 bridgehead atoms. The van der Waals surface area contributed by atoms with Crippen LogP contribution in [0.25, 0.3) is 0 Å². The second-order valence-corrected chi connectivity index (χ2v) is 4.44. The molecule has 1 saturated carbocycles. The highest BCUT2D eigenvalue weighted by Gasteiger charge is 2.21. The fourth-order valence-corrected chi connectivity index (χ4v) is 2.54. The number of ether oxygens (including phenoxy) is 1. The van der Waals surface area contributed by atoms with Gasteiger partial charge in [-0.05, 0) is 25.3 Å². The summed E-state index contributed by atoms with van der Waals surface area (Å²) >= 11 is 0. The van der Waals surface area contributed by atoms with Gasteiger partial charge in [-0.2, -0.15) is 0 Å². The molecular formula is C11H21NO. The van der Waals surface area contributed by atoms with Crippen molar-refractivity contribution in [3.8, 4) is 0 Å². The van der Waals surface area contributed by atoms with E-state index >= 15 is 0 Å². The van der Waals surface area contributed by atoms with Crippen molar-refractivity contribution in [1.29, 1.82) is 0 Å². The van der Waals surface area contributed by atoms with Crippen LogP contribution in [-0.4, -0.2) is 25.8 Å². The third-order valence-electron chi connectivity index (χ3n) is 3.29. The molecule has 2 rings (SSSR count). The van der Waals surface area contributed by atoms with Crippen molar-refractivity contribution in [1.82, 2.24) is 5.32 Å². The molecule has 0 spiro atoms. The summed E-state index contributed by atoms with van der Waals surface area (Å²) in [5.41, 5.74) is 0. The zero-order valence-corrected chi connectivity index (χ0v) is 8.43.